The zero-order valence-corrected chi connectivity index (χ0v) is 15.0. The van der Waals surface area contributed by atoms with Crippen LogP contribution in [-0.2, 0) is 0 Å². The zero-order chi connectivity index (χ0) is 17.6. The Hall–Kier alpha value is -1.91. The van der Waals surface area contributed by atoms with E-state index in [-0.39, 0.29) is 12.0 Å². The third-order valence-electron chi connectivity index (χ3n) is 5.22. The maximum atomic E-state index is 11.3. The molecule has 2 unspecified atom stereocenters. The molecule has 0 aromatic heterocycles. The van der Waals surface area contributed by atoms with Crippen LogP contribution in [0.4, 0.5) is 10.5 Å². The predicted molar refractivity (Wildman–Crippen MR) is 101 cm³/mol. The number of nitrogens with zero attached hydrogens (tertiary/aromatic N) is 1. The molecule has 2 aromatic rings. The molecule has 130 valence electrons. The van der Waals surface area contributed by atoms with Crippen LogP contribution in [0.2, 0.25) is 10.0 Å². The number of carbonyl (C=O) groups is 1. The van der Waals surface area contributed by atoms with E-state index in [0.29, 0.717) is 23.1 Å². The van der Waals surface area contributed by atoms with E-state index in [0.717, 1.165) is 29.7 Å². The zero-order valence-electron chi connectivity index (χ0n) is 13.5. The molecule has 0 bridgehead atoms. The van der Waals surface area contributed by atoms with Gasteiger partial charge in [0.2, 0.25) is 0 Å². The largest absolute Gasteiger partial charge is 0.465 e. The van der Waals surface area contributed by atoms with Crippen molar-refractivity contribution in [3.63, 3.8) is 0 Å². The molecule has 0 spiro atoms. The maximum absolute atomic E-state index is 11.3. The van der Waals surface area contributed by atoms with Gasteiger partial charge in [0.05, 0.1) is 0 Å². The quantitative estimate of drug-likeness (QED) is 0.708. The van der Waals surface area contributed by atoms with Gasteiger partial charge in [-0.25, -0.2) is 4.79 Å². The van der Waals surface area contributed by atoms with Crippen LogP contribution in [0.15, 0.2) is 36.4 Å². The first-order valence-electron chi connectivity index (χ1n) is 8.37. The number of hydrogen-bond donors (Lipinski definition) is 2. The monoisotopic (exact) mass is 376 g/mol. The van der Waals surface area contributed by atoms with E-state index >= 15 is 0 Å². The highest BCUT2D eigenvalue weighted by Crippen LogP contribution is 2.47. The molecular weight excluding hydrogens is 359 g/mol. The molecule has 4 rings (SSSR count). The number of hydrogen-bond acceptors (Lipinski definition) is 2. The first-order valence-corrected chi connectivity index (χ1v) is 9.13. The lowest BCUT2D eigenvalue weighted by Gasteiger charge is -2.19. The van der Waals surface area contributed by atoms with Gasteiger partial charge in [0.1, 0.15) is 0 Å². The van der Waals surface area contributed by atoms with E-state index in [1.54, 1.807) is 6.07 Å². The number of fused-ring (bicyclic) bond motifs is 3. The summed E-state index contributed by atoms with van der Waals surface area (Å²) in [6, 6.07) is 12.0. The highest BCUT2D eigenvalue weighted by molar-refractivity contribution is 6.36. The number of halogens is 2. The highest BCUT2D eigenvalue weighted by atomic mass is 35.5. The van der Waals surface area contributed by atoms with Crippen molar-refractivity contribution in [3.05, 3.63) is 52.0 Å². The molecule has 2 atom stereocenters. The molecule has 25 heavy (non-hydrogen) atoms. The van der Waals surface area contributed by atoms with Gasteiger partial charge < -0.3 is 15.3 Å². The minimum absolute atomic E-state index is 0.256. The first kappa shape index (κ1) is 16.6. The van der Waals surface area contributed by atoms with E-state index < -0.39 is 6.09 Å². The second-order valence-corrected chi connectivity index (χ2v) is 7.44. The summed E-state index contributed by atoms with van der Waals surface area (Å²) in [4.78, 5) is 12.8. The van der Waals surface area contributed by atoms with Crippen LogP contribution in [0.1, 0.15) is 24.3 Å². The van der Waals surface area contributed by atoms with Crippen LogP contribution in [0, 0.1) is 0 Å². The molecule has 6 heteroatoms. The Kier molecular flexibility index (Phi) is 4.26. The predicted octanol–water partition coefficient (Wildman–Crippen LogP) is 5.31. The van der Waals surface area contributed by atoms with Gasteiger partial charge in [0.15, 0.2) is 0 Å². The summed E-state index contributed by atoms with van der Waals surface area (Å²) in [5, 5.41) is 14.1. The topological polar surface area (TPSA) is 52.6 Å². The summed E-state index contributed by atoms with van der Waals surface area (Å²) in [6.45, 7) is 1.12. The van der Waals surface area contributed by atoms with Crippen LogP contribution in [0.3, 0.4) is 0 Å². The molecule has 2 N–H and O–H groups in total. The molecule has 4 nitrogen and oxygen atoms in total. The van der Waals surface area contributed by atoms with Crippen molar-refractivity contribution < 1.29 is 9.90 Å². The molecule has 1 amide bonds. The Morgan fingerprint density at radius 1 is 1.12 bits per heavy atom. The van der Waals surface area contributed by atoms with Crippen molar-refractivity contribution in [2.75, 3.05) is 18.4 Å². The maximum Gasteiger partial charge on any atom is 0.407 e. The van der Waals surface area contributed by atoms with E-state index in [1.807, 2.05) is 18.2 Å². The van der Waals surface area contributed by atoms with Gasteiger partial charge >= 0.3 is 6.09 Å². The van der Waals surface area contributed by atoms with Gasteiger partial charge in [-0.1, -0.05) is 41.4 Å². The molecule has 0 saturated carbocycles. The second-order valence-electron chi connectivity index (χ2n) is 6.60. The lowest BCUT2D eigenvalue weighted by Crippen LogP contribution is -2.31. The third-order valence-corrected chi connectivity index (χ3v) is 5.76. The van der Waals surface area contributed by atoms with Gasteiger partial charge in [0.25, 0.3) is 0 Å². The minimum Gasteiger partial charge on any atom is -0.465 e. The minimum atomic E-state index is -0.839. The number of nitrogens with one attached hydrogen (secondary N) is 1. The van der Waals surface area contributed by atoms with Gasteiger partial charge in [0, 0.05) is 46.3 Å². The molecule has 2 aliphatic heterocycles. The van der Waals surface area contributed by atoms with Gasteiger partial charge in [-0.05, 0) is 42.2 Å². The average molecular weight is 377 g/mol. The SMILES string of the molecule is O=C(O)N1CCC2Nc3cccc(-c4ccc(Cl)cc4Cl)c3C2CC1. The summed E-state index contributed by atoms with van der Waals surface area (Å²) >= 11 is 12.5. The number of amides is 1. The molecule has 1 saturated heterocycles. The fourth-order valence-electron chi connectivity index (χ4n) is 4.05. The summed E-state index contributed by atoms with van der Waals surface area (Å²) in [5.74, 6) is 0.280. The third kappa shape index (κ3) is 2.94. The van der Waals surface area contributed by atoms with Crippen molar-refractivity contribution in [2.24, 2.45) is 0 Å². The molecule has 1 fully saturated rings. The molecule has 2 heterocycles. The Morgan fingerprint density at radius 3 is 2.68 bits per heavy atom. The van der Waals surface area contributed by atoms with Gasteiger partial charge in [-0.2, -0.15) is 0 Å². The van der Waals surface area contributed by atoms with E-state index in [2.05, 4.69) is 17.4 Å². The Labute approximate surface area is 156 Å². The number of anilines is 1. The van der Waals surface area contributed by atoms with E-state index in [1.165, 1.54) is 10.5 Å². The molecule has 2 aliphatic rings. The number of likely N-dealkylation sites (tertiary alicyclic amines) is 1. The lowest BCUT2D eigenvalue weighted by atomic mass is 9.86. The van der Waals surface area contributed by atoms with Gasteiger partial charge in [-0.15, -0.1) is 0 Å². The Bertz CT molecular complexity index is 840. The van der Waals surface area contributed by atoms with Crippen LogP contribution in [0.5, 0.6) is 0 Å². The van der Waals surface area contributed by atoms with Crippen molar-refractivity contribution in [1.82, 2.24) is 4.90 Å². The molecule has 0 radical (unpaired) electrons. The van der Waals surface area contributed by atoms with E-state index in [4.69, 9.17) is 23.2 Å². The highest BCUT2D eigenvalue weighted by Gasteiger charge is 2.37. The normalized spacial score (nSPS) is 21.9. The van der Waals surface area contributed by atoms with Crippen molar-refractivity contribution in [2.45, 2.75) is 24.8 Å². The number of rotatable bonds is 1. The fourth-order valence-corrected chi connectivity index (χ4v) is 4.56. The first-order chi connectivity index (χ1) is 12.0. The Morgan fingerprint density at radius 2 is 1.92 bits per heavy atom. The van der Waals surface area contributed by atoms with Crippen LogP contribution in [0.25, 0.3) is 11.1 Å². The van der Waals surface area contributed by atoms with E-state index in [9.17, 15) is 9.90 Å². The summed E-state index contributed by atoms with van der Waals surface area (Å²) in [7, 11) is 0. The number of carboxylic acid groups (broad SMARTS) is 1. The van der Waals surface area contributed by atoms with Crippen LogP contribution in [-0.4, -0.2) is 35.2 Å². The lowest BCUT2D eigenvalue weighted by molar-refractivity contribution is 0.147. The fraction of sp³-hybridized carbons (Fsp3) is 0.316. The summed E-state index contributed by atoms with van der Waals surface area (Å²) in [5.41, 5.74) is 4.43. The van der Waals surface area contributed by atoms with Crippen molar-refractivity contribution in [3.8, 4) is 11.1 Å². The van der Waals surface area contributed by atoms with Crippen LogP contribution >= 0.6 is 23.2 Å². The number of benzene rings is 2. The van der Waals surface area contributed by atoms with Gasteiger partial charge in [-0.3, -0.25) is 0 Å². The smallest absolute Gasteiger partial charge is 0.407 e. The standard InChI is InChI=1S/C19H18Cl2N2O2/c20-11-4-5-12(15(21)10-11)13-2-1-3-17-18(13)14-6-8-23(19(24)25)9-7-16(14)22-17/h1-5,10,14,16,22H,6-9H2,(H,24,25). The molecule has 0 aliphatic carbocycles. The molecule has 2 aromatic carbocycles. The Balaban J connectivity index is 1.75. The molecular formula is C19H18Cl2N2O2. The second kappa shape index (κ2) is 6.43. The average Bonchev–Trinajstić information content (AvgIpc) is 2.79. The van der Waals surface area contributed by atoms with Crippen molar-refractivity contribution in [1.29, 1.82) is 0 Å². The summed E-state index contributed by atoms with van der Waals surface area (Å²) in [6.07, 6.45) is 0.771. The summed E-state index contributed by atoms with van der Waals surface area (Å²) < 4.78 is 0. The van der Waals surface area contributed by atoms with Crippen molar-refractivity contribution >= 4 is 35.0 Å². The van der Waals surface area contributed by atoms with Crippen LogP contribution < -0.4 is 5.32 Å².